The minimum atomic E-state index is -0.132. The number of halogens is 2. The fourth-order valence-corrected chi connectivity index (χ4v) is 4.78. The molecule has 0 spiro atoms. The van der Waals surface area contributed by atoms with Gasteiger partial charge in [-0.15, -0.1) is 0 Å². The van der Waals surface area contributed by atoms with Gasteiger partial charge >= 0.3 is 0 Å². The highest BCUT2D eigenvalue weighted by Crippen LogP contribution is 2.37. The second kappa shape index (κ2) is 12.1. The molecule has 1 aliphatic heterocycles. The summed E-state index contributed by atoms with van der Waals surface area (Å²) >= 11 is 14.9. The molecule has 5 rings (SSSR count). The Labute approximate surface area is 246 Å². The number of ether oxygens (including phenoxy) is 1. The Kier molecular flexibility index (Phi) is 8.35. The van der Waals surface area contributed by atoms with Gasteiger partial charge in [0.05, 0.1) is 23.1 Å². The van der Waals surface area contributed by atoms with E-state index in [2.05, 4.69) is 26.2 Å². The molecule has 4 aromatic rings. The molecule has 1 heterocycles. The monoisotopic (exact) mass is 617 g/mol. The average molecular weight is 619 g/mol. The molecular formula is C30H25BrClN5OS. The highest BCUT2D eigenvalue weighted by molar-refractivity contribution is 9.10. The van der Waals surface area contributed by atoms with Gasteiger partial charge < -0.3 is 10.5 Å². The van der Waals surface area contributed by atoms with Crippen molar-refractivity contribution >= 4 is 61.9 Å². The number of thiocarbonyl (C=S) groups is 1. The van der Waals surface area contributed by atoms with Crippen molar-refractivity contribution in [3.63, 3.8) is 0 Å². The first-order valence-corrected chi connectivity index (χ1v) is 13.9. The summed E-state index contributed by atoms with van der Waals surface area (Å²) in [6, 6.07) is 29.1. The molecule has 0 aromatic heterocycles. The van der Waals surface area contributed by atoms with Crippen molar-refractivity contribution in [2.24, 2.45) is 21.1 Å². The van der Waals surface area contributed by atoms with E-state index in [0.717, 1.165) is 32.6 Å². The molecule has 4 aromatic carbocycles. The molecule has 196 valence electrons. The number of azo groups is 1. The van der Waals surface area contributed by atoms with Crippen LogP contribution in [-0.2, 0) is 6.61 Å². The van der Waals surface area contributed by atoms with Crippen molar-refractivity contribution in [1.29, 1.82) is 0 Å². The standard InChI is InChI=1S/C30H25BrClN5OS/c1-19-2-12-24(13-3-19)34-35-25-14-15-29(38-18-20-4-10-23(32)11-5-20)26(16-25)27-17-28(37(36-27)30(33)39)21-6-8-22(31)9-7-21/h2-16,28H,17-18H2,1H3,(H2,33,39). The predicted molar refractivity (Wildman–Crippen MR) is 164 cm³/mol. The van der Waals surface area contributed by atoms with Gasteiger partial charge in [0.25, 0.3) is 0 Å². The molecule has 39 heavy (non-hydrogen) atoms. The second-order valence-corrected chi connectivity index (χ2v) is 10.9. The molecular weight excluding hydrogens is 594 g/mol. The van der Waals surface area contributed by atoms with Crippen LogP contribution in [0.25, 0.3) is 0 Å². The summed E-state index contributed by atoms with van der Waals surface area (Å²) in [5.41, 5.74) is 12.4. The minimum Gasteiger partial charge on any atom is -0.488 e. The molecule has 0 amide bonds. The molecule has 0 radical (unpaired) electrons. The van der Waals surface area contributed by atoms with Gasteiger partial charge in [-0.1, -0.05) is 69.5 Å². The molecule has 0 aliphatic carbocycles. The average Bonchev–Trinajstić information content (AvgIpc) is 3.39. The summed E-state index contributed by atoms with van der Waals surface area (Å²) in [4.78, 5) is 0. The number of nitrogens with zero attached hydrogens (tertiary/aromatic N) is 4. The lowest BCUT2D eigenvalue weighted by Crippen LogP contribution is -2.31. The van der Waals surface area contributed by atoms with Crippen LogP contribution >= 0.6 is 39.7 Å². The predicted octanol–water partition coefficient (Wildman–Crippen LogP) is 8.80. The number of nitrogens with two attached hydrogens (primary N) is 1. The SMILES string of the molecule is Cc1ccc(N=Nc2ccc(OCc3ccc(Cl)cc3)c(C3=NN(C(N)=S)C(c4ccc(Br)cc4)C3)c2)cc1. The van der Waals surface area contributed by atoms with Crippen molar-refractivity contribution < 1.29 is 4.74 Å². The lowest BCUT2D eigenvalue weighted by atomic mass is 9.98. The third-order valence-corrected chi connectivity index (χ3v) is 7.26. The molecule has 6 nitrogen and oxygen atoms in total. The highest BCUT2D eigenvalue weighted by atomic mass is 79.9. The van der Waals surface area contributed by atoms with Gasteiger partial charge in [0.1, 0.15) is 12.4 Å². The zero-order valence-electron chi connectivity index (χ0n) is 21.1. The van der Waals surface area contributed by atoms with Gasteiger partial charge in [-0.3, -0.25) is 0 Å². The zero-order chi connectivity index (χ0) is 27.4. The van der Waals surface area contributed by atoms with Gasteiger partial charge in [0, 0.05) is 21.5 Å². The third kappa shape index (κ3) is 6.71. The van der Waals surface area contributed by atoms with E-state index in [1.54, 1.807) is 5.01 Å². The zero-order valence-corrected chi connectivity index (χ0v) is 24.2. The third-order valence-electron chi connectivity index (χ3n) is 6.29. The molecule has 0 saturated heterocycles. The van der Waals surface area contributed by atoms with Crippen LogP contribution in [0.2, 0.25) is 5.02 Å². The summed E-state index contributed by atoms with van der Waals surface area (Å²) < 4.78 is 7.27. The maximum atomic E-state index is 6.27. The number of hydrogen-bond donors (Lipinski definition) is 1. The summed E-state index contributed by atoms with van der Waals surface area (Å²) in [5, 5.41) is 16.3. The molecule has 0 bridgehead atoms. The Morgan fingerprint density at radius 2 is 1.67 bits per heavy atom. The van der Waals surface area contributed by atoms with E-state index in [4.69, 9.17) is 39.4 Å². The van der Waals surface area contributed by atoms with E-state index < -0.39 is 0 Å². The van der Waals surface area contributed by atoms with Gasteiger partial charge in [-0.2, -0.15) is 15.3 Å². The Morgan fingerprint density at radius 3 is 2.36 bits per heavy atom. The molecule has 0 fully saturated rings. The largest absolute Gasteiger partial charge is 0.488 e. The smallest absolute Gasteiger partial charge is 0.187 e. The van der Waals surface area contributed by atoms with E-state index in [-0.39, 0.29) is 11.2 Å². The Morgan fingerprint density at radius 1 is 1.00 bits per heavy atom. The van der Waals surface area contributed by atoms with Gasteiger partial charge in [0.15, 0.2) is 5.11 Å². The molecule has 9 heteroatoms. The van der Waals surface area contributed by atoms with Crippen molar-refractivity contribution in [2.75, 3.05) is 0 Å². The lowest BCUT2D eigenvalue weighted by molar-refractivity contribution is 0.305. The van der Waals surface area contributed by atoms with Crippen LogP contribution in [0.15, 0.2) is 111 Å². The van der Waals surface area contributed by atoms with Crippen LogP contribution < -0.4 is 10.5 Å². The van der Waals surface area contributed by atoms with Gasteiger partial charge in [-0.25, -0.2) is 5.01 Å². The maximum Gasteiger partial charge on any atom is 0.187 e. The number of hydrazone groups is 1. The topological polar surface area (TPSA) is 75.6 Å². The molecule has 1 unspecified atom stereocenters. The summed E-state index contributed by atoms with van der Waals surface area (Å²) in [6.07, 6.45) is 0.592. The van der Waals surface area contributed by atoms with Crippen LogP contribution in [0.4, 0.5) is 11.4 Å². The van der Waals surface area contributed by atoms with Gasteiger partial charge in [-0.05, 0) is 84.9 Å². The number of rotatable bonds is 7. The second-order valence-electron chi connectivity index (χ2n) is 9.13. The first kappa shape index (κ1) is 27.0. The fourth-order valence-electron chi connectivity index (χ4n) is 4.22. The van der Waals surface area contributed by atoms with Crippen LogP contribution in [-0.4, -0.2) is 15.8 Å². The van der Waals surface area contributed by atoms with Crippen molar-refractivity contribution in [3.05, 3.63) is 123 Å². The first-order chi connectivity index (χ1) is 18.9. The van der Waals surface area contributed by atoms with Gasteiger partial charge in [0.2, 0.25) is 0 Å². The Balaban J connectivity index is 1.48. The normalized spacial score (nSPS) is 15.0. The maximum absolute atomic E-state index is 6.27. The number of hydrogen-bond acceptors (Lipinski definition) is 5. The summed E-state index contributed by atoms with van der Waals surface area (Å²) in [6.45, 7) is 2.41. The fraction of sp³-hybridized carbons (Fsp3) is 0.133. The van der Waals surface area contributed by atoms with Crippen LogP contribution in [0.5, 0.6) is 5.75 Å². The minimum absolute atomic E-state index is 0.132. The Bertz CT molecular complexity index is 1540. The van der Waals surface area contributed by atoms with E-state index in [0.29, 0.717) is 29.5 Å². The van der Waals surface area contributed by atoms with Crippen molar-refractivity contribution in [1.82, 2.24) is 5.01 Å². The Hall–Kier alpha value is -3.59. The van der Waals surface area contributed by atoms with E-state index >= 15 is 0 Å². The first-order valence-electron chi connectivity index (χ1n) is 12.3. The van der Waals surface area contributed by atoms with Crippen LogP contribution in [0, 0.1) is 6.92 Å². The summed E-state index contributed by atoms with van der Waals surface area (Å²) in [7, 11) is 0. The van der Waals surface area contributed by atoms with E-state index in [1.165, 1.54) is 5.56 Å². The lowest BCUT2D eigenvalue weighted by Gasteiger charge is -2.21. The van der Waals surface area contributed by atoms with Crippen LogP contribution in [0.1, 0.15) is 34.7 Å². The molecule has 1 aliphatic rings. The van der Waals surface area contributed by atoms with E-state index in [9.17, 15) is 0 Å². The number of benzene rings is 4. The van der Waals surface area contributed by atoms with Crippen molar-refractivity contribution in [2.45, 2.75) is 26.0 Å². The number of aryl methyl sites for hydroxylation is 1. The quantitative estimate of drug-likeness (QED) is 0.166. The highest BCUT2D eigenvalue weighted by Gasteiger charge is 2.32. The summed E-state index contributed by atoms with van der Waals surface area (Å²) in [5.74, 6) is 0.678. The molecule has 0 saturated carbocycles. The molecule has 1 atom stereocenters. The van der Waals surface area contributed by atoms with Crippen molar-refractivity contribution in [3.8, 4) is 5.75 Å². The van der Waals surface area contributed by atoms with Crippen LogP contribution in [0.3, 0.4) is 0 Å². The van der Waals surface area contributed by atoms with E-state index in [1.807, 2.05) is 97.9 Å². The molecule has 2 N–H and O–H groups in total.